The maximum Gasteiger partial charge on any atom is 0.119 e. The number of hydrogen-bond acceptors (Lipinski definition) is 4. The lowest BCUT2D eigenvalue weighted by molar-refractivity contribution is 0.415. The third-order valence-corrected chi connectivity index (χ3v) is 7.02. The molecule has 4 aliphatic carbocycles. The van der Waals surface area contributed by atoms with Crippen LogP contribution in [0, 0.1) is 0 Å². The number of benzene rings is 2. The van der Waals surface area contributed by atoms with Crippen LogP contribution in [0.5, 0.6) is 11.5 Å². The summed E-state index contributed by atoms with van der Waals surface area (Å²) in [6.45, 7) is 0. The quantitative estimate of drug-likeness (QED) is 0.197. The third kappa shape index (κ3) is 5.07. The van der Waals surface area contributed by atoms with Crippen LogP contribution in [0.3, 0.4) is 0 Å². The molecule has 0 amide bonds. The lowest BCUT2D eigenvalue weighted by Crippen LogP contribution is -1.81. The molecule has 0 aliphatic heterocycles. The van der Waals surface area contributed by atoms with Crippen molar-refractivity contribution in [3.63, 3.8) is 0 Å². The number of hydrogen-bond donors (Lipinski definition) is 0. The standard InChI is InChI=1S/C36H28N2O2/c1-39-29-17-13-27(14-18-29)37-23-25-21-35(33-11-7-3-5-9-31(25)33)36-22-26(32-10-6-4-8-12-34(32)36)24-38-28-15-19-30(40-2)20-16-28/h3-24H,1-2H3. The number of aliphatic imine (C=N–C) groups is 2. The minimum atomic E-state index is 0.814. The van der Waals surface area contributed by atoms with E-state index in [-0.39, 0.29) is 0 Å². The molecule has 0 saturated heterocycles. The van der Waals surface area contributed by atoms with Crippen LogP contribution in [0.1, 0.15) is 11.1 Å². The molecule has 0 spiro atoms. The Kier molecular flexibility index (Phi) is 7.06. The molecule has 2 aromatic carbocycles. The van der Waals surface area contributed by atoms with Gasteiger partial charge in [0.15, 0.2) is 0 Å². The summed E-state index contributed by atoms with van der Waals surface area (Å²) >= 11 is 0. The Morgan fingerprint density at radius 3 is 1.18 bits per heavy atom. The molecular weight excluding hydrogens is 492 g/mol. The van der Waals surface area contributed by atoms with Crippen molar-refractivity contribution in [2.24, 2.45) is 9.98 Å². The van der Waals surface area contributed by atoms with Crippen LogP contribution in [-0.2, 0) is 0 Å². The van der Waals surface area contributed by atoms with E-state index >= 15 is 0 Å². The predicted molar refractivity (Wildman–Crippen MR) is 166 cm³/mol. The molecule has 0 N–H and O–H groups in total. The molecular formula is C36H28N2O2. The number of rotatable bonds is 7. The molecule has 4 heteroatoms. The summed E-state index contributed by atoms with van der Waals surface area (Å²) in [6.07, 6.45) is 3.90. The van der Waals surface area contributed by atoms with E-state index in [1.807, 2.05) is 61.0 Å². The van der Waals surface area contributed by atoms with E-state index in [1.54, 1.807) is 14.2 Å². The van der Waals surface area contributed by atoms with Gasteiger partial charge in [0, 0.05) is 23.6 Å². The molecule has 40 heavy (non-hydrogen) atoms. The van der Waals surface area contributed by atoms with Crippen molar-refractivity contribution < 1.29 is 9.47 Å². The van der Waals surface area contributed by atoms with E-state index in [9.17, 15) is 0 Å². The van der Waals surface area contributed by atoms with Gasteiger partial charge >= 0.3 is 0 Å². The lowest BCUT2D eigenvalue weighted by Gasteiger charge is -2.03. The molecule has 0 heterocycles. The fraction of sp³-hybridized carbons (Fsp3) is 0.0556. The van der Waals surface area contributed by atoms with E-state index < -0.39 is 0 Å². The molecule has 0 unspecified atom stereocenters. The largest absolute Gasteiger partial charge is 0.497 e. The van der Waals surface area contributed by atoms with Gasteiger partial charge in [0.05, 0.1) is 25.6 Å². The van der Waals surface area contributed by atoms with Crippen LogP contribution in [-0.4, -0.2) is 26.6 Å². The lowest BCUT2D eigenvalue weighted by atomic mass is 10.00. The van der Waals surface area contributed by atoms with Gasteiger partial charge in [-0.15, -0.1) is 0 Å². The Bertz CT molecular complexity index is 1620. The van der Waals surface area contributed by atoms with E-state index in [2.05, 4.69) is 72.8 Å². The second-order valence-electron chi connectivity index (χ2n) is 9.42. The molecule has 2 aromatic rings. The van der Waals surface area contributed by atoms with Crippen molar-refractivity contribution in [3.8, 4) is 44.9 Å². The van der Waals surface area contributed by atoms with Crippen LogP contribution in [0.4, 0.5) is 11.4 Å². The Morgan fingerprint density at radius 2 is 0.800 bits per heavy atom. The highest BCUT2D eigenvalue weighted by Crippen LogP contribution is 2.45. The SMILES string of the molecule is COc1ccc(N=Cc2cc(-c3cc(C=Nc4ccc(OC)cc4)c4cccccc3-4)c3cccccc2-3)cc1. The summed E-state index contributed by atoms with van der Waals surface area (Å²) in [6, 6.07) is 41.1. The van der Waals surface area contributed by atoms with Crippen molar-refractivity contribution >= 4 is 23.8 Å². The molecule has 0 aromatic heterocycles. The van der Waals surface area contributed by atoms with Crippen LogP contribution in [0.25, 0.3) is 33.4 Å². The molecule has 0 radical (unpaired) electrons. The highest BCUT2D eigenvalue weighted by Gasteiger charge is 2.21. The summed E-state index contributed by atoms with van der Waals surface area (Å²) in [4.78, 5) is 9.54. The van der Waals surface area contributed by atoms with Gasteiger partial charge < -0.3 is 9.47 Å². The second-order valence-corrected chi connectivity index (χ2v) is 9.42. The fourth-order valence-corrected chi connectivity index (χ4v) is 4.97. The maximum absolute atomic E-state index is 5.28. The summed E-state index contributed by atoms with van der Waals surface area (Å²) in [5, 5.41) is 0. The van der Waals surface area contributed by atoms with Crippen molar-refractivity contribution in [1.29, 1.82) is 0 Å². The van der Waals surface area contributed by atoms with Crippen LogP contribution in [0.15, 0.2) is 131 Å². The van der Waals surface area contributed by atoms with Gasteiger partial charge in [0.25, 0.3) is 0 Å². The van der Waals surface area contributed by atoms with Gasteiger partial charge in [-0.2, -0.15) is 0 Å². The topological polar surface area (TPSA) is 43.2 Å². The molecule has 0 atom stereocenters. The molecule has 194 valence electrons. The minimum absolute atomic E-state index is 0.814. The molecule has 4 nitrogen and oxygen atoms in total. The van der Waals surface area contributed by atoms with Gasteiger partial charge in [-0.25, -0.2) is 0 Å². The van der Waals surface area contributed by atoms with Gasteiger partial charge in [-0.1, -0.05) is 60.7 Å². The zero-order chi connectivity index (χ0) is 27.3. The first-order chi connectivity index (χ1) is 19.7. The Labute approximate surface area is 234 Å². The van der Waals surface area contributed by atoms with E-state index in [1.165, 1.54) is 22.3 Å². The number of fused-ring (bicyclic) bond motifs is 2. The molecule has 4 aliphatic rings. The number of nitrogens with zero attached hydrogens (tertiary/aromatic N) is 2. The minimum Gasteiger partial charge on any atom is -0.497 e. The average Bonchev–Trinajstić information content (AvgIpc) is 3.25. The Hall–Kier alpha value is -5.22. The van der Waals surface area contributed by atoms with Crippen molar-refractivity contribution in [3.05, 3.63) is 132 Å². The van der Waals surface area contributed by atoms with E-state index in [0.29, 0.717) is 0 Å². The number of methoxy groups -OCH3 is 2. The number of ether oxygens (including phenoxy) is 2. The van der Waals surface area contributed by atoms with Crippen LogP contribution < -0.4 is 9.47 Å². The second kappa shape index (κ2) is 11.3. The van der Waals surface area contributed by atoms with Crippen molar-refractivity contribution in [2.45, 2.75) is 0 Å². The summed E-state index contributed by atoms with van der Waals surface area (Å²) in [7, 11) is 3.33. The Balaban J connectivity index is 1.44. The van der Waals surface area contributed by atoms with Crippen LogP contribution in [0.2, 0.25) is 0 Å². The normalized spacial score (nSPS) is 11.6. The fourth-order valence-electron chi connectivity index (χ4n) is 4.97. The molecule has 0 bridgehead atoms. The first-order valence-electron chi connectivity index (χ1n) is 13.1. The highest BCUT2D eigenvalue weighted by atomic mass is 16.5. The van der Waals surface area contributed by atoms with Gasteiger partial charge in [-0.3, -0.25) is 9.98 Å². The van der Waals surface area contributed by atoms with Crippen LogP contribution >= 0.6 is 0 Å². The first-order valence-corrected chi connectivity index (χ1v) is 13.1. The summed E-state index contributed by atoms with van der Waals surface area (Å²) in [5.41, 5.74) is 10.9. The predicted octanol–water partition coefficient (Wildman–Crippen LogP) is 9.08. The van der Waals surface area contributed by atoms with Crippen molar-refractivity contribution in [2.75, 3.05) is 14.2 Å². The molecule has 0 fully saturated rings. The van der Waals surface area contributed by atoms with Gasteiger partial charge in [-0.05, 0) is 94.0 Å². The molecule has 0 saturated carbocycles. The zero-order valence-corrected chi connectivity index (χ0v) is 22.4. The van der Waals surface area contributed by atoms with E-state index in [0.717, 1.165) is 45.1 Å². The first kappa shape index (κ1) is 25.1. The summed E-state index contributed by atoms with van der Waals surface area (Å²) in [5.74, 6) is 1.63. The smallest absolute Gasteiger partial charge is 0.119 e. The monoisotopic (exact) mass is 520 g/mol. The maximum atomic E-state index is 5.28. The zero-order valence-electron chi connectivity index (χ0n) is 22.4. The van der Waals surface area contributed by atoms with Gasteiger partial charge in [0.2, 0.25) is 0 Å². The highest BCUT2D eigenvalue weighted by molar-refractivity contribution is 6.07. The van der Waals surface area contributed by atoms with Crippen molar-refractivity contribution in [1.82, 2.24) is 0 Å². The van der Waals surface area contributed by atoms with Gasteiger partial charge in [0.1, 0.15) is 11.5 Å². The summed E-state index contributed by atoms with van der Waals surface area (Å²) < 4.78 is 10.6. The molecule has 6 rings (SSSR count). The third-order valence-electron chi connectivity index (χ3n) is 7.02. The average molecular weight is 521 g/mol. The van der Waals surface area contributed by atoms with E-state index in [4.69, 9.17) is 19.5 Å². The Morgan fingerprint density at radius 1 is 0.425 bits per heavy atom.